The van der Waals surface area contributed by atoms with E-state index in [0.29, 0.717) is 0 Å². The van der Waals surface area contributed by atoms with Gasteiger partial charge in [0.2, 0.25) is 0 Å². The summed E-state index contributed by atoms with van der Waals surface area (Å²) in [7, 11) is -2.47. The lowest BCUT2D eigenvalue weighted by Gasteiger charge is -2.38. The maximum Gasteiger partial charge on any atom is 0.420 e. The van der Waals surface area contributed by atoms with Gasteiger partial charge in [0.05, 0.1) is 4.92 Å². The van der Waals surface area contributed by atoms with Gasteiger partial charge in [-0.2, -0.15) is 13.2 Å². The van der Waals surface area contributed by atoms with Crippen molar-refractivity contribution in [2.24, 2.45) is 0 Å². The van der Waals surface area contributed by atoms with E-state index in [9.17, 15) is 23.3 Å². The van der Waals surface area contributed by atoms with Gasteiger partial charge in [-0.15, -0.1) is 0 Å². The lowest BCUT2D eigenvalue weighted by molar-refractivity contribution is -0.384. The summed E-state index contributed by atoms with van der Waals surface area (Å²) in [6, 6.07) is 4.28. The van der Waals surface area contributed by atoms with Gasteiger partial charge in [0.1, 0.15) is 0 Å². The van der Waals surface area contributed by atoms with Crippen molar-refractivity contribution in [2.45, 2.75) is 38.3 Å². The highest BCUT2D eigenvalue weighted by molar-refractivity contribution is 6.69. The Kier molecular flexibility index (Phi) is 4.30. The third kappa shape index (κ3) is 3.57. The van der Waals surface area contributed by atoms with Gasteiger partial charge in [0.25, 0.3) is 5.69 Å². The number of hydrogen-bond donors (Lipinski definition) is 0. The van der Waals surface area contributed by atoms with E-state index in [1.807, 2.05) is 0 Å². The average Bonchev–Trinajstić information content (AvgIpc) is 2.25. The third-order valence-electron chi connectivity index (χ3n) is 2.68. The molecule has 1 aromatic carbocycles. The summed E-state index contributed by atoms with van der Waals surface area (Å²) in [6.45, 7) is 5.92. The Morgan fingerprint density at radius 2 is 1.60 bits per heavy atom. The molecule has 0 aromatic heterocycles. The van der Waals surface area contributed by atoms with Gasteiger partial charge >= 0.3 is 6.18 Å². The minimum absolute atomic E-state index is 0.141. The molecule has 0 N–H and O–H groups in total. The quantitative estimate of drug-likeness (QED) is 0.475. The van der Waals surface area contributed by atoms with Crippen molar-refractivity contribution in [3.05, 3.63) is 39.9 Å². The van der Waals surface area contributed by atoms with Crippen LogP contribution in [-0.4, -0.2) is 19.4 Å². The SMILES string of the molecule is C[C@@](O[Si](C)(C)C)(c1ccc([N+](=O)[O-])cc1)C(F)(F)F. The van der Waals surface area contributed by atoms with E-state index >= 15 is 0 Å². The average molecular weight is 307 g/mol. The van der Waals surface area contributed by atoms with E-state index in [1.165, 1.54) is 0 Å². The number of non-ortho nitro benzene ring substituents is 1. The molecule has 0 aliphatic carbocycles. The third-order valence-corrected chi connectivity index (χ3v) is 3.70. The Morgan fingerprint density at radius 1 is 1.15 bits per heavy atom. The van der Waals surface area contributed by atoms with Gasteiger partial charge in [-0.05, 0) is 44.3 Å². The molecule has 0 unspecified atom stereocenters. The van der Waals surface area contributed by atoms with E-state index in [-0.39, 0.29) is 11.3 Å². The van der Waals surface area contributed by atoms with Crippen molar-refractivity contribution in [2.75, 3.05) is 0 Å². The summed E-state index contributed by atoms with van der Waals surface area (Å²) in [5, 5.41) is 10.5. The van der Waals surface area contributed by atoms with Crippen molar-refractivity contribution >= 4 is 14.0 Å². The van der Waals surface area contributed by atoms with Crippen molar-refractivity contribution in [1.29, 1.82) is 0 Å². The molecule has 1 rings (SSSR count). The summed E-state index contributed by atoms with van der Waals surface area (Å²) in [4.78, 5) is 9.89. The molecule has 0 radical (unpaired) electrons. The molecule has 112 valence electrons. The number of benzene rings is 1. The minimum atomic E-state index is -4.61. The topological polar surface area (TPSA) is 52.4 Å². The van der Waals surface area contributed by atoms with Crippen molar-refractivity contribution in [3.8, 4) is 0 Å². The monoisotopic (exact) mass is 307 g/mol. The van der Waals surface area contributed by atoms with Gasteiger partial charge in [0, 0.05) is 12.1 Å². The maximum atomic E-state index is 13.3. The summed E-state index contributed by atoms with van der Waals surface area (Å²) in [5.74, 6) is 0. The van der Waals surface area contributed by atoms with Crippen LogP contribution >= 0.6 is 0 Å². The molecule has 20 heavy (non-hydrogen) atoms. The number of halogens is 3. The normalized spacial score (nSPS) is 15.8. The standard InChI is InChI=1S/C12H16F3NO3Si/c1-11(12(13,14)15,19-20(2,3)4)9-5-7-10(8-6-9)16(17)18/h5-8H,1-4H3/t11-/m1/s1. The second kappa shape index (κ2) is 5.17. The first-order valence-electron chi connectivity index (χ1n) is 5.89. The molecule has 0 heterocycles. The van der Waals surface area contributed by atoms with Crippen LogP contribution in [0.1, 0.15) is 12.5 Å². The van der Waals surface area contributed by atoms with E-state index in [2.05, 4.69) is 0 Å². The largest absolute Gasteiger partial charge is 0.420 e. The van der Waals surface area contributed by atoms with Crippen LogP contribution < -0.4 is 0 Å². The summed E-state index contributed by atoms with van der Waals surface area (Å²) >= 11 is 0. The lowest BCUT2D eigenvalue weighted by Crippen LogP contribution is -2.48. The second-order valence-corrected chi connectivity index (χ2v) is 9.98. The number of hydrogen-bond acceptors (Lipinski definition) is 3. The Labute approximate surface area is 115 Å². The van der Waals surface area contributed by atoms with Crippen LogP contribution in [0.4, 0.5) is 18.9 Å². The zero-order valence-electron chi connectivity index (χ0n) is 11.6. The number of alkyl halides is 3. The van der Waals surface area contributed by atoms with Crippen molar-refractivity contribution in [1.82, 2.24) is 0 Å². The zero-order chi connectivity index (χ0) is 15.8. The number of nitro benzene ring substituents is 1. The predicted octanol–water partition coefficient (Wildman–Crippen LogP) is 4.22. The first-order valence-corrected chi connectivity index (χ1v) is 9.29. The molecule has 0 aliphatic heterocycles. The highest BCUT2D eigenvalue weighted by Gasteiger charge is 2.55. The van der Waals surface area contributed by atoms with Crippen LogP contribution in [0.15, 0.2) is 24.3 Å². The molecule has 8 heteroatoms. The molecular formula is C12H16F3NO3Si. The molecule has 0 saturated carbocycles. The van der Waals surface area contributed by atoms with Crippen LogP contribution in [0.3, 0.4) is 0 Å². The molecular weight excluding hydrogens is 291 g/mol. The van der Waals surface area contributed by atoms with E-state index in [1.54, 1.807) is 19.6 Å². The molecule has 0 amide bonds. The van der Waals surface area contributed by atoms with Crippen LogP contribution in [-0.2, 0) is 10.0 Å². The van der Waals surface area contributed by atoms with E-state index in [4.69, 9.17) is 4.43 Å². The fourth-order valence-corrected chi connectivity index (χ4v) is 3.25. The summed E-state index contributed by atoms with van der Waals surface area (Å²) in [6.07, 6.45) is -4.61. The Morgan fingerprint density at radius 3 is 1.90 bits per heavy atom. The van der Waals surface area contributed by atoms with E-state index in [0.717, 1.165) is 31.2 Å². The number of rotatable bonds is 4. The highest BCUT2D eigenvalue weighted by atomic mass is 28.4. The molecule has 0 aliphatic rings. The van der Waals surface area contributed by atoms with Crippen molar-refractivity contribution in [3.63, 3.8) is 0 Å². The summed E-state index contributed by atoms with van der Waals surface area (Å²) < 4.78 is 45.3. The molecule has 1 atom stereocenters. The Hall–Kier alpha value is -1.41. The highest BCUT2D eigenvalue weighted by Crippen LogP contribution is 2.44. The fraction of sp³-hybridized carbons (Fsp3) is 0.500. The number of nitrogens with zero attached hydrogens (tertiary/aromatic N) is 1. The Bertz CT molecular complexity index is 496. The molecule has 4 nitrogen and oxygen atoms in total. The van der Waals surface area contributed by atoms with Gasteiger partial charge in [-0.25, -0.2) is 0 Å². The minimum Gasteiger partial charge on any atom is -0.401 e. The summed E-state index contributed by atoms with van der Waals surface area (Å²) in [5.41, 5.74) is -2.86. The smallest absolute Gasteiger partial charge is 0.401 e. The maximum absolute atomic E-state index is 13.3. The second-order valence-electron chi connectivity index (χ2n) is 5.55. The zero-order valence-corrected chi connectivity index (χ0v) is 12.6. The van der Waals surface area contributed by atoms with Crippen LogP contribution in [0.5, 0.6) is 0 Å². The fourth-order valence-electron chi connectivity index (χ4n) is 1.79. The first-order chi connectivity index (χ1) is 8.87. The molecule has 0 fully saturated rings. The van der Waals surface area contributed by atoms with Crippen LogP contribution in [0.25, 0.3) is 0 Å². The van der Waals surface area contributed by atoms with Crippen molar-refractivity contribution < 1.29 is 22.5 Å². The van der Waals surface area contributed by atoms with E-state index < -0.39 is 25.0 Å². The van der Waals surface area contributed by atoms with Crippen LogP contribution in [0.2, 0.25) is 19.6 Å². The van der Waals surface area contributed by atoms with Gasteiger partial charge in [-0.3, -0.25) is 10.1 Å². The Balaban J connectivity index is 3.28. The van der Waals surface area contributed by atoms with Crippen LogP contribution in [0, 0.1) is 10.1 Å². The lowest BCUT2D eigenvalue weighted by atomic mass is 9.95. The molecule has 0 bridgehead atoms. The molecule has 0 saturated heterocycles. The number of nitro groups is 1. The van der Waals surface area contributed by atoms with Gasteiger partial charge in [0.15, 0.2) is 13.9 Å². The van der Waals surface area contributed by atoms with Gasteiger partial charge in [-0.1, -0.05) is 0 Å². The molecule has 1 aromatic rings. The first kappa shape index (κ1) is 16.6. The predicted molar refractivity (Wildman–Crippen MR) is 70.9 cm³/mol. The molecule has 0 spiro atoms. The van der Waals surface area contributed by atoms with Gasteiger partial charge < -0.3 is 4.43 Å².